The molecule has 0 aliphatic rings. The molecule has 0 radical (unpaired) electrons. The lowest BCUT2D eigenvalue weighted by Gasteiger charge is -1.96. The molecule has 2 N–H and O–H groups in total. The number of hydrogen-bond donors (Lipinski definition) is 2. The van der Waals surface area contributed by atoms with Crippen LogP contribution in [0.5, 0.6) is 0 Å². The number of carboxylic acid groups (broad SMARTS) is 1. The van der Waals surface area contributed by atoms with E-state index in [1.54, 1.807) is 12.1 Å². The first-order valence-electron chi connectivity index (χ1n) is 3.91. The molecular formula is C9H4Cl2INO2. The largest absolute Gasteiger partial charge is 0.477 e. The van der Waals surface area contributed by atoms with Crippen molar-refractivity contribution in [2.45, 2.75) is 0 Å². The van der Waals surface area contributed by atoms with Crippen LogP contribution in [0.4, 0.5) is 0 Å². The summed E-state index contributed by atoms with van der Waals surface area (Å²) in [5.41, 5.74) is 0.695. The van der Waals surface area contributed by atoms with Crippen LogP contribution in [0, 0.1) is 3.57 Å². The van der Waals surface area contributed by atoms with Gasteiger partial charge in [0, 0.05) is 5.39 Å². The zero-order valence-corrected chi connectivity index (χ0v) is 10.8. The minimum Gasteiger partial charge on any atom is -0.477 e. The van der Waals surface area contributed by atoms with Crippen LogP contribution in [-0.4, -0.2) is 16.1 Å². The Morgan fingerprint density at radius 1 is 1.40 bits per heavy atom. The highest BCUT2D eigenvalue weighted by atomic mass is 127. The molecule has 78 valence electrons. The number of carboxylic acids is 1. The van der Waals surface area contributed by atoms with Gasteiger partial charge in [-0.15, -0.1) is 0 Å². The lowest BCUT2D eigenvalue weighted by Crippen LogP contribution is -1.98. The van der Waals surface area contributed by atoms with E-state index in [1.807, 2.05) is 22.6 Å². The van der Waals surface area contributed by atoms with Gasteiger partial charge in [0.1, 0.15) is 5.69 Å². The first-order valence-corrected chi connectivity index (χ1v) is 5.74. The molecule has 1 aromatic carbocycles. The fraction of sp³-hybridized carbons (Fsp3) is 0. The summed E-state index contributed by atoms with van der Waals surface area (Å²) in [6.07, 6.45) is 0. The molecule has 0 aliphatic heterocycles. The summed E-state index contributed by atoms with van der Waals surface area (Å²) in [7, 11) is 0. The zero-order chi connectivity index (χ0) is 11.2. The van der Waals surface area contributed by atoms with Crippen molar-refractivity contribution in [1.82, 2.24) is 4.98 Å². The molecule has 1 aromatic heterocycles. The van der Waals surface area contributed by atoms with Crippen LogP contribution in [0.1, 0.15) is 10.5 Å². The average Bonchev–Trinajstić information content (AvgIpc) is 2.51. The van der Waals surface area contributed by atoms with Gasteiger partial charge < -0.3 is 10.1 Å². The lowest BCUT2D eigenvalue weighted by atomic mass is 10.2. The third-order valence-corrected chi connectivity index (χ3v) is 3.94. The van der Waals surface area contributed by atoms with E-state index in [4.69, 9.17) is 28.3 Å². The molecule has 0 spiro atoms. The number of aromatic amines is 1. The Labute approximate surface area is 109 Å². The Kier molecular flexibility index (Phi) is 2.83. The van der Waals surface area contributed by atoms with Crippen molar-refractivity contribution in [3.8, 4) is 0 Å². The predicted octanol–water partition coefficient (Wildman–Crippen LogP) is 3.78. The Hall–Kier alpha value is -0.460. The van der Waals surface area contributed by atoms with Gasteiger partial charge in [0.25, 0.3) is 0 Å². The summed E-state index contributed by atoms with van der Waals surface area (Å²) in [6.45, 7) is 0. The Morgan fingerprint density at radius 3 is 2.67 bits per heavy atom. The maximum Gasteiger partial charge on any atom is 0.353 e. The SMILES string of the molecule is O=C(O)c1[nH]c2c(Cl)c(Cl)ccc2c1I. The van der Waals surface area contributed by atoms with Crippen LogP contribution in [0.15, 0.2) is 12.1 Å². The fourth-order valence-electron chi connectivity index (χ4n) is 1.32. The summed E-state index contributed by atoms with van der Waals surface area (Å²) >= 11 is 13.7. The van der Waals surface area contributed by atoms with Gasteiger partial charge in [0.05, 0.1) is 19.1 Å². The molecule has 0 fully saturated rings. The number of halogens is 3. The summed E-state index contributed by atoms with van der Waals surface area (Å²) < 4.78 is 0.633. The van der Waals surface area contributed by atoms with Gasteiger partial charge in [-0.2, -0.15) is 0 Å². The van der Waals surface area contributed by atoms with Crippen molar-refractivity contribution in [2.24, 2.45) is 0 Å². The second-order valence-corrected chi connectivity index (χ2v) is 4.77. The van der Waals surface area contributed by atoms with E-state index in [9.17, 15) is 4.79 Å². The van der Waals surface area contributed by atoms with Gasteiger partial charge in [0.15, 0.2) is 0 Å². The maximum atomic E-state index is 10.9. The van der Waals surface area contributed by atoms with Crippen molar-refractivity contribution in [2.75, 3.05) is 0 Å². The normalized spacial score (nSPS) is 10.9. The number of aromatic nitrogens is 1. The topological polar surface area (TPSA) is 53.1 Å². The number of fused-ring (bicyclic) bond motifs is 1. The Bertz CT molecular complexity index is 565. The molecule has 0 unspecified atom stereocenters. The second-order valence-electron chi connectivity index (χ2n) is 2.90. The highest BCUT2D eigenvalue weighted by Crippen LogP contribution is 2.33. The van der Waals surface area contributed by atoms with Crippen molar-refractivity contribution >= 4 is 62.7 Å². The van der Waals surface area contributed by atoms with E-state index in [2.05, 4.69) is 4.98 Å². The first-order chi connectivity index (χ1) is 7.02. The number of H-pyrrole nitrogens is 1. The third-order valence-electron chi connectivity index (χ3n) is 2.01. The summed E-state index contributed by atoms with van der Waals surface area (Å²) in [6, 6.07) is 3.39. The van der Waals surface area contributed by atoms with E-state index in [0.29, 0.717) is 19.1 Å². The minimum atomic E-state index is -1.01. The number of rotatable bonds is 1. The number of hydrogen-bond acceptors (Lipinski definition) is 1. The second kappa shape index (κ2) is 3.84. The molecule has 0 bridgehead atoms. The first kappa shape index (κ1) is 11.0. The van der Waals surface area contributed by atoms with E-state index >= 15 is 0 Å². The van der Waals surface area contributed by atoms with Crippen LogP contribution < -0.4 is 0 Å². The Morgan fingerprint density at radius 2 is 2.07 bits per heavy atom. The monoisotopic (exact) mass is 355 g/mol. The summed E-state index contributed by atoms with van der Waals surface area (Å²) in [5, 5.41) is 10.4. The standard InChI is InChI=1S/C9H4Cl2INO2/c10-4-2-1-3-6(12)8(9(14)15)13-7(3)5(4)11/h1-2,13H,(H,14,15). The van der Waals surface area contributed by atoms with Crippen molar-refractivity contribution in [1.29, 1.82) is 0 Å². The average molecular weight is 356 g/mol. The third kappa shape index (κ3) is 1.70. The molecular weight excluding hydrogens is 352 g/mol. The molecule has 6 heteroatoms. The Balaban J connectivity index is 2.88. The molecule has 3 nitrogen and oxygen atoms in total. The number of benzene rings is 1. The zero-order valence-electron chi connectivity index (χ0n) is 7.14. The van der Waals surface area contributed by atoms with Gasteiger partial charge in [-0.25, -0.2) is 4.79 Å². The van der Waals surface area contributed by atoms with Crippen LogP contribution in [0.3, 0.4) is 0 Å². The molecule has 0 saturated carbocycles. The highest BCUT2D eigenvalue weighted by Gasteiger charge is 2.17. The van der Waals surface area contributed by atoms with Gasteiger partial charge in [-0.3, -0.25) is 0 Å². The van der Waals surface area contributed by atoms with E-state index in [0.717, 1.165) is 5.39 Å². The minimum absolute atomic E-state index is 0.134. The maximum absolute atomic E-state index is 10.9. The van der Waals surface area contributed by atoms with Gasteiger partial charge >= 0.3 is 5.97 Å². The number of nitrogens with one attached hydrogen (secondary N) is 1. The van der Waals surface area contributed by atoms with Crippen LogP contribution in [0.25, 0.3) is 10.9 Å². The van der Waals surface area contributed by atoms with Gasteiger partial charge in [-0.1, -0.05) is 29.3 Å². The fourth-order valence-corrected chi connectivity index (χ4v) is 2.50. The molecule has 0 atom stereocenters. The van der Waals surface area contributed by atoms with Crippen molar-refractivity contribution < 1.29 is 9.90 Å². The summed E-state index contributed by atoms with van der Waals surface area (Å²) in [4.78, 5) is 13.6. The quantitative estimate of drug-likeness (QED) is 0.765. The van der Waals surface area contributed by atoms with E-state index < -0.39 is 5.97 Å². The molecule has 0 amide bonds. The van der Waals surface area contributed by atoms with Gasteiger partial charge in [-0.05, 0) is 28.7 Å². The molecule has 0 aliphatic carbocycles. The van der Waals surface area contributed by atoms with E-state index in [-0.39, 0.29) is 5.69 Å². The molecule has 1 heterocycles. The smallest absolute Gasteiger partial charge is 0.353 e. The number of carbonyl (C=O) groups is 1. The molecule has 2 rings (SSSR count). The van der Waals surface area contributed by atoms with Crippen LogP contribution >= 0.6 is 45.8 Å². The highest BCUT2D eigenvalue weighted by molar-refractivity contribution is 14.1. The van der Waals surface area contributed by atoms with Crippen LogP contribution in [0.2, 0.25) is 10.0 Å². The van der Waals surface area contributed by atoms with Crippen molar-refractivity contribution in [3.05, 3.63) is 31.4 Å². The lowest BCUT2D eigenvalue weighted by molar-refractivity contribution is 0.0690. The molecule has 15 heavy (non-hydrogen) atoms. The summed E-state index contributed by atoms with van der Waals surface area (Å²) in [5.74, 6) is -1.01. The number of aromatic carboxylic acids is 1. The molecule has 2 aromatic rings. The van der Waals surface area contributed by atoms with Crippen molar-refractivity contribution in [3.63, 3.8) is 0 Å². The predicted molar refractivity (Wildman–Crippen MR) is 68.0 cm³/mol. The van der Waals surface area contributed by atoms with E-state index in [1.165, 1.54) is 0 Å². The van der Waals surface area contributed by atoms with Crippen LogP contribution in [-0.2, 0) is 0 Å². The molecule has 0 saturated heterocycles. The van der Waals surface area contributed by atoms with Gasteiger partial charge in [0.2, 0.25) is 0 Å².